The van der Waals surface area contributed by atoms with E-state index in [1.54, 1.807) is 31.7 Å². The van der Waals surface area contributed by atoms with Crippen LogP contribution < -0.4 is 10.5 Å². The first kappa shape index (κ1) is 20.5. The topological polar surface area (TPSA) is 124 Å². The number of aromatic nitrogens is 5. The standard InChI is InChI=1S/C23H25N7O2/c1-22(2,31)14-8-9-17(26-12-14)23(24)10-13(11-23)19-28-20-15-6-5-7-16(32-4)18(15)27-21(25-3)30(20)29-19/h5-9,12-13,31H,3,10-11,24H2,1-2,4H3. The highest BCUT2D eigenvalue weighted by atomic mass is 16.5. The van der Waals surface area contributed by atoms with E-state index in [0.29, 0.717) is 41.5 Å². The first-order valence-electron chi connectivity index (χ1n) is 10.4. The van der Waals surface area contributed by atoms with Crippen LogP contribution in [0.25, 0.3) is 16.6 Å². The van der Waals surface area contributed by atoms with Gasteiger partial charge in [0, 0.05) is 23.1 Å². The molecule has 0 spiro atoms. The largest absolute Gasteiger partial charge is 0.494 e. The quantitative estimate of drug-likeness (QED) is 0.466. The van der Waals surface area contributed by atoms with Gasteiger partial charge in [-0.25, -0.2) is 15.0 Å². The van der Waals surface area contributed by atoms with Crippen molar-refractivity contribution in [3.05, 3.63) is 53.6 Å². The molecule has 0 atom stereocenters. The van der Waals surface area contributed by atoms with E-state index in [1.807, 2.05) is 30.3 Å². The molecule has 4 aromatic rings. The molecule has 1 aliphatic carbocycles. The van der Waals surface area contributed by atoms with Crippen molar-refractivity contribution >= 4 is 29.2 Å². The zero-order valence-corrected chi connectivity index (χ0v) is 18.3. The average molecular weight is 432 g/mol. The zero-order chi connectivity index (χ0) is 22.7. The van der Waals surface area contributed by atoms with Crippen molar-refractivity contribution in [2.75, 3.05) is 7.11 Å². The van der Waals surface area contributed by atoms with Crippen LogP contribution in [0.5, 0.6) is 5.75 Å². The normalized spacial score (nSPS) is 21.0. The van der Waals surface area contributed by atoms with Gasteiger partial charge in [0.2, 0.25) is 0 Å². The van der Waals surface area contributed by atoms with Gasteiger partial charge in [0.25, 0.3) is 5.95 Å². The molecule has 3 aromatic heterocycles. The van der Waals surface area contributed by atoms with E-state index >= 15 is 0 Å². The van der Waals surface area contributed by atoms with Crippen molar-refractivity contribution in [3.8, 4) is 5.75 Å². The highest BCUT2D eigenvalue weighted by Gasteiger charge is 2.46. The van der Waals surface area contributed by atoms with Crippen molar-refractivity contribution in [2.24, 2.45) is 10.7 Å². The van der Waals surface area contributed by atoms with Crippen LogP contribution in [0.1, 0.15) is 49.7 Å². The molecule has 32 heavy (non-hydrogen) atoms. The summed E-state index contributed by atoms with van der Waals surface area (Å²) in [6.45, 7) is 7.10. The number of pyridine rings is 1. The van der Waals surface area contributed by atoms with Crippen LogP contribution in [-0.4, -0.2) is 43.5 Å². The van der Waals surface area contributed by atoms with E-state index in [4.69, 9.17) is 15.5 Å². The molecule has 0 saturated heterocycles. The number of aliphatic hydroxyl groups is 1. The monoisotopic (exact) mass is 431 g/mol. The number of nitrogens with two attached hydrogens (primary N) is 1. The van der Waals surface area contributed by atoms with Crippen molar-refractivity contribution in [3.63, 3.8) is 0 Å². The van der Waals surface area contributed by atoms with E-state index < -0.39 is 11.1 Å². The van der Waals surface area contributed by atoms with Gasteiger partial charge in [-0.2, -0.15) is 4.52 Å². The molecule has 3 heterocycles. The third-order valence-electron chi connectivity index (χ3n) is 6.19. The minimum absolute atomic E-state index is 0.0917. The summed E-state index contributed by atoms with van der Waals surface area (Å²) in [6.07, 6.45) is 3.03. The summed E-state index contributed by atoms with van der Waals surface area (Å²) >= 11 is 0. The second-order valence-electron chi connectivity index (χ2n) is 8.88. The van der Waals surface area contributed by atoms with E-state index in [0.717, 1.165) is 16.6 Å². The predicted molar refractivity (Wildman–Crippen MR) is 121 cm³/mol. The van der Waals surface area contributed by atoms with E-state index in [9.17, 15) is 5.11 Å². The molecule has 0 unspecified atom stereocenters. The van der Waals surface area contributed by atoms with Gasteiger partial charge < -0.3 is 15.6 Å². The maximum absolute atomic E-state index is 10.1. The number of rotatable bonds is 5. The molecule has 0 aliphatic heterocycles. The molecule has 3 N–H and O–H groups in total. The first-order valence-corrected chi connectivity index (χ1v) is 10.4. The maximum Gasteiger partial charge on any atom is 0.252 e. The highest BCUT2D eigenvalue weighted by molar-refractivity contribution is 5.95. The number of hydrogen-bond donors (Lipinski definition) is 2. The third kappa shape index (κ3) is 3.12. The molecule has 0 bridgehead atoms. The van der Waals surface area contributed by atoms with E-state index in [-0.39, 0.29) is 5.92 Å². The Bertz CT molecular complexity index is 1330. The SMILES string of the molecule is C=Nc1nc2c(OC)cccc2c2nc(C3CC(N)(c4ccc(C(C)(C)O)cn4)C3)nn12. The maximum atomic E-state index is 10.1. The van der Waals surface area contributed by atoms with Gasteiger partial charge in [-0.1, -0.05) is 12.1 Å². The number of hydrogen-bond acceptors (Lipinski definition) is 8. The Morgan fingerprint density at radius 1 is 1.25 bits per heavy atom. The number of aliphatic imine (C=N–C) groups is 1. The van der Waals surface area contributed by atoms with Gasteiger partial charge >= 0.3 is 0 Å². The summed E-state index contributed by atoms with van der Waals surface area (Å²) in [6, 6.07) is 9.45. The van der Waals surface area contributed by atoms with Crippen LogP contribution in [0.2, 0.25) is 0 Å². The fraction of sp³-hybridized carbons (Fsp3) is 0.348. The molecule has 5 rings (SSSR count). The lowest BCUT2D eigenvalue weighted by molar-refractivity contribution is 0.0780. The van der Waals surface area contributed by atoms with Crippen LogP contribution in [0.4, 0.5) is 5.95 Å². The van der Waals surface area contributed by atoms with Gasteiger partial charge in [0.1, 0.15) is 11.3 Å². The number of nitrogens with zero attached hydrogens (tertiary/aromatic N) is 6. The molecule has 9 nitrogen and oxygen atoms in total. The summed E-state index contributed by atoms with van der Waals surface area (Å²) in [5, 5.41) is 15.7. The Morgan fingerprint density at radius 2 is 2.03 bits per heavy atom. The lowest BCUT2D eigenvalue weighted by atomic mass is 9.66. The number of fused-ring (bicyclic) bond motifs is 3. The molecule has 1 saturated carbocycles. The Balaban J connectivity index is 1.48. The molecular formula is C23H25N7O2. The number of methoxy groups -OCH3 is 1. The molecule has 1 fully saturated rings. The van der Waals surface area contributed by atoms with Gasteiger partial charge in [0.15, 0.2) is 11.5 Å². The Hall–Kier alpha value is -3.43. The van der Waals surface area contributed by atoms with Crippen molar-refractivity contribution in [2.45, 2.75) is 43.7 Å². The first-order chi connectivity index (χ1) is 15.2. The Morgan fingerprint density at radius 3 is 2.66 bits per heavy atom. The molecule has 1 aromatic carbocycles. The summed E-state index contributed by atoms with van der Waals surface area (Å²) in [7, 11) is 1.61. The van der Waals surface area contributed by atoms with Gasteiger partial charge in [-0.3, -0.25) is 4.98 Å². The minimum Gasteiger partial charge on any atom is -0.494 e. The fourth-order valence-corrected chi connectivity index (χ4v) is 4.31. The summed E-state index contributed by atoms with van der Waals surface area (Å²) in [5.74, 6) is 1.79. The van der Waals surface area contributed by atoms with E-state index in [1.165, 1.54) is 0 Å². The predicted octanol–water partition coefficient (Wildman–Crippen LogP) is 2.97. The lowest BCUT2D eigenvalue weighted by Crippen LogP contribution is -2.48. The minimum atomic E-state index is -0.938. The molecule has 0 radical (unpaired) electrons. The Labute approximate surface area is 185 Å². The van der Waals surface area contributed by atoms with Crippen LogP contribution in [0, 0.1) is 0 Å². The number of para-hydroxylation sites is 1. The third-order valence-corrected chi connectivity index (χ3v) is 6.19. The van der Waals surface area contributed by atoms with Crippen molar-refractivity contribution < 1.29 is 9.84 Å². The molecule has 1 aliphatic rings. The van der Waals surface area contributed by atoms with Crippen LogP contribution in [0.15, 0.2) is 41.5 Å². The average Bonchev–Trinajstić information content (AvgIpc) is 3.20. The second-order valence-corrected chi connectivity index (χ2v) is 8.88. The number of ether oxygens (including phenoxy) is 1. The molecular weight excluding hydrogens is 406 g/mol. The Kier molecular flexibility index (Phi) is 4.51. The van der Waals surface area contributed by atoms with Crippen molar-refractivity contribution in [1.82, 2.24) is 24.6 Å². The molecule has 0 amide bonds. The van der Waals surface area contributed by atoms with Gasteiger partial charge in [0.05, 0.1) is 23.9 Å². The summed E-state index contributed by atoms with van der Waals surface area (Å²) in [4.78, 5) is 17.9. The van der Waals surface area contributed by atoms with Gasteiger partial charge in [-0.05, 0) is 51.6 Å². The molecule has 9 heteroatoms. The second kappa shape index (κ2) is 7.04. The van der Waals surface area contributed by atoms with Crippen LogP contribution in [0.3, 0.4) is 0 Å². The van der Waals surface area contributed by atoms with E-state index in [2.05, 4.69) is 26.8 Å². The van der Waals surface area contributed by atoms with Gasteiger partial charge in [-0.15, -0.1) is 5.10 Å². The smallest absolute Gasteiger partial charge is 0.252 e. The van der Waals surface area contributed by atoms with Crippen LogP contribution in [-0.2, 0) is 11.1 Å². The fourth-order valence-electron chi connectivity index (χ4n) is 4.31. The lowest BCUT2D eigenvalue weighted by Gasteiger charge is -2.43. The van der Waals surface area contributed by atoms with Crippen molar-refractivity contribution in [1.29, 1.82) is 0 Å². The number of benzene rings is 1. The molecule has 164 valence electrons. The van der Waals surface area contributed by atoms with Crippen LogP contribution >= 0.6 is 0 Å². The summed E-state index contributed by atoms with van der Waals surface area (Å²) < 4.78 is 7.07. The highest BCUT2D eigenvalue weighted by Crippen LogP contribution is 2.48. The zero-order valence-electron chi connectivity index (χ0n) is 18.3. The summed E-state index contributed by atoms with van der Waals surface area (Å²) in [5.41, 5.74) is 8.04.